The van der Waals surface area contributed by atoms with Crippen molar-refractivity contribution in [1.29, 1.82) is 5.26 Å². The summed E-state index contributed by atoms with van der Waals surface area (Å²) in [7, 11) is 1.87. The summed E-state index contributed by atoms with van der Waals surface area (Å²) in [6.07, 6.45) is 4.08. The van der Waals surface area contributed by atoms with E-state index in [1.54, 1.807) is 12.3 Å². The Morgan fingerprint density at radius 1 is 1.61 bits per heavy atom. The van der Waals surface area contributed by atoms with Crippen LogP contribution in [0.2, 0.25) is 0 Å². The molecule has 1 saturated heterocycles. The second-order valence-electron chi connectivity index (χ2n) is 4.30. The quantitative estimate of drug-likeness (QED) is 0.830. The molecule has 1 unspecified atom stereocenters. The molecule has 5 nitrogen and oxygen atoms in total. The van der Waals surface area contributed by atoms with E-state index in [0.29, 0.717) is 16.7 Å². The van der Waals surface area contributed by atoms with Gasteiger partial charge in [-0.15, -0.1) is 0 Å². The molecule has 0 aromatic carbocycles. The Morgan fingerprint density at radius 3 is 3.17 bits per heavy atom. The summed E-state index contributed by atoms with van der Waals surface area (Å²) >= 11 is 1.87. The van der Waals surface area contributed by atoms with Crippen LogP contribution in [0.25, 0.3) is 11.6 Å². The predicted octanol–water partition coefficient (Wildman–Crippen LogP) is 2.51. The monoisotopic (exact) mass is 260 g/mol. The van der Waals surface area contributed by atoms with Crippen LogP contribution < -0.4 is 0 Å². The first kappa shape index (κ1) is 11.4. The fourth-order valence-electron chi connectivity index (χ4n) is 2.09. The molecule has 0 N–H and O–H groups in total. The van der Waals surface area contributed by atoms with Crippen molar-refractivity contribution in [2.75, 3.05) is 5.75 Å². The van der Waals surface area contributed by atoms with E-state index in [9.17, 15) is 0 Å². The lowest BCUT2D eigenvalue weighted by atomic mass is 10.2. The number of rotatable bonds is 2. The van der Waals surface area contributed by atoms with E-state index in [4.69, 9.17) is 9.78 Å². The molecule has 3 heterocycles. The van der Waals surface area contributed by atoms with Crippen LogP contribution in [0.3, 0.4) is 0 Å². The molecular weight excluding hydrogens is 248 g/mol. The van der Waals surface area contributed by atoms with Gasteiger partial charge < -0.3 is 9.09 Å². The van der Waals surface area contributed by atoms with Gasteiger partial charge in [-0.2, -0.15) is 22.0 Å². The van der Waals surface area contributed by atoms with Crippen LogP contribution >= 0.6 is 11.8 Å². The van der Waals surface area contributed by atoms with Gasteiger partial charge in [0.25, 0.3) is 5.89 Å². The van der Waals surface area contributed by atoms with E-state index in [-0.39, 0.29) is 0 Å². The van der Waals surface area contributed by atoms with E-state index in [0.717, 1.165) is 23.7 Å². The van der Waals surface area contributed by atoms with Crippen LogP contribution in [-0.4, -0.2) is 20.5 Å². The summed E-state index contributed by atoms with van der Waals surface area (Å²) in [4.78, 5) is 4.44. The second-order valence-corrected chi connectivity index (χ2v) is 5.61. The first-order chi connectivity index (χ1) is 8.78. The Morgan fingerprint density at radius 2 is 2.50 bits per heavy atom. The molecule has 6 heteroatoms. The number of nitrogens with zero attached hydrogens (tertiary/aromatic N) is 4. The van der Waals surface area contributed by atoms with Crippen LogP contribution in [0, 0.1) is 11.3 Å². The number of aryl methyl sites for hydroxylation is 1. The van der Waals surface area contributed by atoms with Crippen LogP contribution in [0.15, 0.2) is 16.8 Å². The molecule has 0 radical (unpaired) electrons. The third-order valence-corrected chi connectivity index (χ3v) is 4.39. The fourth-order valence-corrected chi connectivity index (χ4v) is 3.29. The number of thioether (sulfide) groups is 1. The molecule has 1 atom stereocenters. The van der Waals surface area contributed by atoms with E-state index in [2.05, 4.69) is 16.2 Å². The normalized spacial score (nSPS) is 19.0. The molecule has 1 aliphatic rings. The predicted molar refractivity (Wildman–Crippen MR) is 67.9 cm³/mol. The summed E-state index contributed by atoms with van der Waals surface area (Å²) in [6, 6.07) is 3.87. The van der Waals surface area contributed by atoms with Gasteiger partial charge in [-0.1, -0.05) is 5.16 Å². The van der Waals surface area contributed by atoms with E-state index >= 15 is 0 Å². The number of hydrogen-bond acceptors (Lipinski definition) is 5. The van der Waals surface area contributed by atoms with Crippen molar-refractivity contribution in [2.45, 2.75) is 18.1 Å². The van der Waals surface area contributed by atoms with Crippen molar-refractivity contribution in [3.05, 3.63) is 23.7 Å². The molecule has 0 bridgehead atoms. The zero-order valence-electron chi connectivity index (χ0n) is 9.96. The van der Waals surface area contributed by atoms with Crippen LogP contribution in [0.1, 0.15) is 29.5 Å². The van der Waals surface area contributed by atoms with Gasteiger partial charge in [0.15, 0.2) is 5.82 Å². The Hall–Kier alpha value is -1.74. The maximum Gasteiger partial charge on any atom is 0.274 e. The fraction of sp³-hybridized carbons (Fsp3) is 0.417. The molecule has 2 aromatic rings. The van der Waals surface area contributed by atoms with Gasteiger partial charge in [0.1, 0.15) is 11.8 Å². The molecule has 92 valence electrons. The molecule has 1 fully saturated rings. The minimum Gasteiger partial charge on any atom is -0.345 e. The number of nitriles is 1. The van der Waals surface area contributed by atoms with Crippen LogP contribution in [0.5, 0.6) is 0 Å². The van der Waals surface area contributed by atoms with Crippen LogP contribution in [0.4, 0.5) is 0 Å². The van der Waals surface area contributed by atoms with Crippen molar-refractivity contribution in [3.8, 4) is 17.7 Å². The van der Waals surface area contributed by atoms with E-state index < -0.39 is 0 Å². The minimum absolute atomic E-state index is 0.359. The highest BCUT2D eigenvalue weighted by Gasteiger charge is 2.24. The Bertz CT molecular complexity index is 604. The van der Waals surface area contributed by atoms with Crippen molar-refractivity contribution in [2.24, 2.45) is 7.05 Å². The highest BCUT2D eigenvalue weighted by molar-refractivity contribution is 7.99. The highest BCUT2D eigenvalue weighted by atomic mass is 32.2. The summed E-state index contributed by atoms with van der Waals surface area (Å²) in [5.74, 6) is 2.42. The maximum absolute atomic E-state index is 8.87. The van der Waals surface area contributed by atoms with Gasteiger partial charge in [0, 0.05) is 13.2 Å². The van der Waals surface area contributed by atoms with Crippen molar-refractivity contribution >= 4 is 11.8 Å². The number of hydrogen-bond donors (Lipinski definition) is 0. The summed E-state index contributed by atoms with van der Waals surface area (Å²) in [5.41, 5.74) is 1.38. The highest BCUT2D eigenvalue weighted by Crippen LogP contribution is 2.38. The lowest BCUT2D eigenvalue weighted by molar-refractivity contribution is 0.419. The molecular formula is C12H12N4OS. The maximum atomic E-state index is 8.87. The lowest BCUT2D eigenvalue weighted by Crippen LogP contribution is -1.92. The van der Waals surface area contributed by atoms with E-state index in [1.165, 1.54) is 6.42 Å². The Balaban J connectivity index is 1.92. The summed E-state index contributed by atoms with van der Waals surface area (Å²) in [6.45, 7) is 0. The number of aromatic nitrogens is 3. The third kappa shape index (κ3) is 1.91. The molecule has 0 amide bonds. The van der Waals surface area contributed by atoms with Gasteiger partial charge >= 0.3 is 0 Å². The molecule has 0 saturated carbocycles. The zero-order chi connectivity index (χ0) is 12.5. The molecule has 0 aliphatic carbocycles. The Labute approximate surface area is 109 Å². The summed E-state index contributed by atoms with van der Waals surface area (Å²) in [5, 5.41) is 13.3. The standard InChI is InChI=1S/C12H12N4OS/c1-16-7-8(6-13)5-9(16)12-14-11(15-17-12)10-3-2-4-18-10/h5,7,10H,2-4H2,1H3. The zero-order valence-corrected chi connectivity index (χ0v) is 10.8. The molecule has 3 rings (SSSR count). The van der Waals surface area contributed by atoms with Crippen molar-refractivity contribution in [1.82, 2.24) is 14.7 Å². The van der Waals surface area contributed by atoms with Gasteiger partial charge in [-0.05, 0) is 24.7 Å². The second kappa shape index (κ2) is 4.50. The first-order valence-electron chi connectivity index (χ1n) is 5.80. The van der Waals surface area contributed by atoms with Gasteiger partial charge in [0.2, 0.25) is 0 Å². The summed E-state index contributed by atoms with van der Waals surface area (Å²) < 4.78 is 7.13. The van der Waals surface area contributed by atoms with Gasteiger partial charge in [0.05, 0.1) is 10.8 Å². The van der Waals surface area contributed by atoms with Crippen molar-refractivity contribution in [3.63, 3.8) is 0 Å². The van der Waals surface area contributed by atoms with Crippen molar-refractivity contribution < 1.29 is 4.52 Å². The first-order valence-corrected chi connectivity index (χ1v) is 6.85. The third-order valence-electron chi connectivity index (χ3n) is 3.01. The topological polar surface area (TPSA) is 67.6 Å². The van der Waals surface area contributed by atoms with Gasteiger partial charge in [-0.3, -0.25) is 0 Å². The minimum atomic E-state index is 0.359. The van der Waals surface area contributed by atoms with Gasteiger partial charge in [-0.25, -0.2) is 0 Å². The Kier molecular flexibility index (Phi) is 2.84. The van der Waals surface area contributed by atoms with Crippen LogP contribution in [-0.2, 0) is 7.05 Å². The lowest BCUT2D eigenvalue weighted by Gasteiger charge is -1.99. The van der Waals surface area contributed by atoms with E-state index in [1.807, 2.05) is 23.4 Å². The molecule has 18 heavy (non-hydrogen) atoms. The molecule has 0 spiro atoms. The average molecular weight is 260 g/mol. The average Bonchev–Trinajstić information content (AvgIpc) is 3.08. The smallest absolute Gasteiger partial charge is 0.274 e. The SMILES string of the molecule is Cn1cc(C#N)cc1-c1nc(C2CCCS2)no1. The molecule has 1 aliphatic heterocycles. The molecule has 2 aromatic heterocycles. The largest absolute Gasteiger partial charge is 0.345 e.